The Morgan fingerprint density at radius 1 is 1.44 bits per heavy atom. The number of nitrogens with one attached hydrogen (secondary N) is 1. The molecule has 98 valence electrons. The van der Waals surface area contributed by atoms with Crippen molar-refractivity contribution >= 4 is 27.4 Å². The molecule has 0 aromatic carbocycles. The number of nitrogens with two attached hydrogens (primary N) is 1. The van der Waals surface area contributed by atoms with E-state index in [1.54, 1.807) is 17.7 Å². The molecule has 0 saturated carbocycles. The number of fused-ring (bicyclic) bond motifs is 1. The van der Waals surface area contributed by atoms with E-state index < -0.39 is 0 Å². The van der Waals surface area contributed by atoms with E-state index >= 15 is 0 Å². The minimum atomic E-state index is 0.612. The number of rotatable bonds is 6. The van der Waals surface area contributed by atoms with Crippen LogP contribution in [-0.4, -0.2) is 23.1 Å². The molecule has 0 amide bonds. The molecular formula is C13H20N4S. The molecule has 2 aromatic rings. The van der Waals surface area contributed by atoms with Gasteiger partial charge in [0.25, 0.3) is 0 Å². The number of anilines is 1. The first-order chi connectivity index (χ1) is 8.76. The van der Waals surface area contributed by atoms with Crippen LogP contribution in [0.5, 0.6) is 0 Å². The number of hydrogen-bond acceptors (Lipinski definition) is 5. The molecule has 0 radical (unpaired) electrons. The summed E-state index contributed by atoms with van der Waals surface area (Å²) in [6, 6.07) is 0. The van der Waals surface area contributed by atoms with Gasteiger partial charge >= 0.3 is 0 Å². The fraction of sp³-hybridized carbons (Fsp3) is 0.538. The van der Waals surface area contributed by atoms with Gasteiger partial charge in [-0.25, -0.2) is 9.97 Å². The van der Waals surface area contributed by atoms with Crippen LogP contribution < -0.4 is 11.1 Å². The summed E-state index contributed by atoms with van der Waals surface area (Å²) in [5.41, 5.74) is 7.89. The van der Waals surface area contributed by atoms with Gasteiger partial charge < -0.3 is 11.1 Å². The largest absolute Gasteiger partial charge is 0.369 e. The van der Waals surface area contributed by atoms with Crippen LogP contribution in [0.2, 0.25) is 0 Å². The molecule has 0 aliphatic carbocycles. The first-order valence-electron chi connectivity index (χ1n) is 6.39. The average Bonchev–Trinajstić information content (AvgIpc) is 2.77. The van der Waals surface area contributed by atoms with E-state index in [1.807, 2.05) is 0 Å². The molecule has 2 aromatic heterocycles. The molecule has 0 fully saturated rings. The molecule has 0 aliphatic heterocycles. The minimum Gasteiger partial charge on any atom is -0.369 e. The monoisotopic (exact) mass is 264 g/mol. The van der Waals surface area contributed by atoms with Crippen molar-refractivity contribution < 1.29 is 0 Å². The van der Waals surface area contributed by atoms with Gasteiger partial charge in [0.2, 0.25) is 0 Å². The van der Waals surface area contributed by atoms with Crippen molar-refractivity contribution in [3.8, 4) is 0 Å². The number of thiophene rings is 1. The summed E-state index contributed by atoms with van der Waals surface area (Å²) < 4.78 is 1.15. The summed E-state index contributed by atoms with van der Waals surface area (Å²) in [5.74, 6) is 1.56. The second-order valence-electron chi connectivity index (χ2n) is 4.55. The summed E-state index contributed by atoms with van der Waals surface area (Å²) in [5, 5.41) is 5.57. The fourth-order valence-corrected chi connectivity index (χ4v) is 2.99. The van der Waals surface area contributed by atoms with Gasteiger partial charge in [-0.3, -0.25) is 0 Å². The summed E-state index contributed by atoms with van der Waals surface area (Å²) in [4.78, 5) is 8.67. The third kappa shape index (κ3) is 2.79. The molecule has 0 saturated heterocycles. The van der Waals surface area contributed by atoms with Gasteiger partial charge in [0.15, 0.2) is 0 Å². The molecule has 2 rings (SSSR count). The number of nitrogens with zero attached hydrogens (tertiary/aromatic N) is 2. The highest BCUT2D eigenvalue weighted by Gasteiger charge is 2.10. The van der Waals surface area contributed by atoms with E-state index in [0.717, 1.165) is 42.0 Å². The van der Waals surface area contributed by atoms with Gasteiger partial charge in [0.1, 0.15) is 12.1 Å². The van der Waals surface area contributed by atoms with E-state index in [4.69, 9.17) is 5.73 Å². The molecule has 1 atom stereocenters. The second-order valence-corrected chi connectivity index (χ2v) is 5.43. The van der Waals surface area contributed by atoms with Crippen molar-refractivity contribution in [2.75, 3.05) is 18.4 Å². The smallest absolute Gasteiger partial charge is 0.147 e. The van der Waals surface area contributed by atoms with Gasteiger partial charge in [-0.1, -0.05) is 13.3 Å². The standard InChI is InChI=1S/C13H20N4S/c1-3-10(4-5-14)6-15-13-12-11(16-8-17-13)9(2)7-18-12/h7-8,10H,3-6,14H2,1-2H3,(H,15,16,17). The predicted molar refractivity (Wildman–Crippen MR) is 78.1 cm³/mol. The molecule has 3 N–H and O–H groups in total. The van der Waals surface area contributed by atoms with Crippen molar-refractivity contribution in [2.24, 2.45) is 11.7 Å². The highest BCUT2D eigenvalue weighted by atomic mass is 32.1. The van der Waals surface area contributed by atoms with Crippen LogP contribution in [-0.2, 0) is 0 Å². The molecular weight excluding hydrogens is 244 g/mol. The van der Waals surface area contributed by atoms with Crippen molar-refractivity contribution in [3.63, 3.8) is 0 Å². The topological polar surface area (TPSA) is 63.8 Å². The van der Waals surface area contributed by atoms with Crippen molar-refractivity contribution in [3.05, 3.63) is 17.3 Å². The zero-order valence-electron chi connectivity index (χ0n) is 10.9. The quantitative estimate of drug-likeness (QED) is 0.842. The first kappa shape index (κ1) is 13.2. The van der Waals surface area contributed by atoms with Gasteiger partial charge in [0, 0.05) is 6.54 Å². The van der Waals surface area contributed by atoms with E-state index in [-0.39, 0.29) is 0 Å². The van der Waals surface area contributed by atoms with Crippen molar-refractivity contribution in [1.82, 2.24) is 9.97 Å². The average molecular weight is 264 g/mol. The molecule has 0 aliphatic rings. The van der Waals surface area contributed by atoms with E-state index in [9.17, 15) is 0 Å². The zero-order valence-corrected chi connectivity index (χ0v) is 11.8. The second kappa shape index (κ2) is 6.11. The normalized spacial score (nSPS) is 12.8. The SMILES string of the molecule is CCC(CCN)CNc1ncnc2c(C)csc12. The summed E-state index contributed by atoms with van der Waals surface area (Å²) >= 11 is 1.70. The molecule has 4 nitrogen and oxygen atoms in total. The maximum absolute atomic E-state index is 5.62. The lowest BCUT2D eigenvalue weighted by molar-refractivity contribution is 0.501. The Kier molecular flexibility index (Phi) is 4.49. The summed E-state index contributed by atoms with van der Waals surface area (Å²) in [6.07, 6.45) is 3.83. The maximum Gasteiger partial charge on any atom is 0.147 e. The Morgan fingerprint density at radius 2 is 2.28 bits per heavy atom. The molecule has 5 heteroatoms. The number of aromatic nitrogens is 2. The molecule has 18 heavy (non-hydrogen) atoms. The summed E-state index contributed by atoms with van der Waals surface area (Å²) in [6.45, 7) is 5.96. The van der Waals surface area contributed by atoms with Crippen LogP contribution >= 0.6 is 11.3 Å². The third-order valence-electron chi connectivity index (χ3n) is 3.24. The molecule has 0 spiro atoms. The third-order valence-corrected chi connectivity index (χ3v) is 4.34. The van der Waals surface area contributed by atoms with Crippen molar-refractivity contribution in [1.29, 1.82) is 0 Å². The van der Waals surface area contributed by atoms with E-state index in [2.05, 4.69) is 34.5 Å². The van der Waals surface area contributed by atoms with E-state index in [0.29, 0.717) is 5.92 Å². The predicted octanol–water partition coefficient (Wildman–Crippen LogP) is 2.79. The van der Waals surface area contributed by atoms with Crippen LogP contribution in [0, 0.1) is 12.8 Å². The zero-order chi connectivity index (χ0) is 13.0. The fourth-order valence-electron chi connectivity index (χ4n) is 2.02. The Labute approximate surface area is 112 Å². The molecule has 1 unspecified atom stereocenters. The van der Waals surface area contributed by atoms with Crippen LogP contribution in [0.4, 0.5) is 5.82 Å². The molecule has 0 bridgehead atoms. The van der Waals surface area contributed by atoms with Gasteiger partial charge in [-0.2, -0.15) is 0 Å². The number of hydrogen-bond donors (Lipinski definition) is 2. The Bertz CT molecular complexity index is 509. The van der Waals surface area contributed by atoms with Gasteiger partial charge in [-0.15, -0.1) is 11.3 Å². The van der Waals surface area contributed by atoms with Crippen LogP contribution in [0.1, 0.15) is 25.3 Å². The number of aryl methyl sites for hydroxylation is 1. The lowest BCUT2D eigenvalue weighted by Gasteiger charge is -2.15. The Hall–Kier alpha value is -1.20. The van der Waals surface area contributed by atoms with Crippen LogP contribution in [0.25, 0.3) is 10.2 Å². The highest BCUT2D eigenvalue weighted by Crippen LogP contribution is 2.28. The summed E-state index contributed by atoms with van der Waals surface area (Å²) in [7, 11) is 0. The Morgan fingerprint density at radius 3 is 3.00 bits per heavy atom. The van der Waals surface area contributed by atoms with Crippen LogP contribution in [0.15, 0.2) is 11.7 Å². The minimum absolute atomic E-state index is 0.612. The molecule has 2 heterocycles. The van der Waals surface area contributed by atoms with E-state index in [1.165, 1.54) is 5.56 Å². The lowest BCUT2D eigenvalue weighted by atomic mass is 10.0. The lowest BCUT2D eigenvalue weighted by Crippen LogP contribution is -2.17. The maximum atomic E-state index is 5.62. The van der Waals surface area contributed by atoms with Gasteiger partial charge in [0.05, 0.1) is 10.2 Å². The first-order valence-corrected chi connectivity index (χ1v) is 7.27. The Balaban J connectivity index is 2.12. The van der Waals surface area contributed by atoms with Crippen molar-refractivity contribution in [2.45, 2.75) is 26.7 Å². The highest BCUT2D eigenvalue weighted by molar-refractivity contribution is 7.18. The van der Waals surface area contributed by atoms with Gasteiger partial charge in [-0.05, 0) is 36.8 Å². The van der Waals surface area contributed by atoms with Crippen LogP contribution in [0.3, 0.4) is 0 Å².